The summed E-state index contributed by atoms with van der Waals surface area (Å²) in [4.78, 5) is 15.4. The van der Waals surface area contributed by atoms with Gasteiger partial charge in [0.05, 0.1) is 7.11 Å². The zero-order valence-electron chi connectivity index (χ0n) is 10.8. The van der Waals surface area contributed by atoms with Crippen LogP contribution < -0.4 is 5.32 Å². The van der Waals surface area contributed by atoms with E-state index in [2.05, 4.69) is 15.0 Å². The second-order valence-corrected chi connectivity index (χ2v) is 4.75. The van der Waals surface area contributed by atoms with Crippen molar-refractivity contribution in [2.45, 2.75) is 44.6 Å². The van der Waals surface area contributed by atoms with Crippen LogP contribution in [0.25, 0.3) is 0 Å². The molecule has 0 saturated heterocycles. The predicted octanol–water partition coefficient (Wildman–Crippen LogP) is 3.00. The highest BCUT2D eigenvalue weighted by molar-refractivity contribution is 5.88. The molecule has 0 aliphatic heterocycles. The molecule has 1 saturated carbocycles. The van der Waals surface area contributed by atoms with E-state index < -0.39 is 0 Å². The number of aromatic nitrogens is 1. The maximum Gasteiger partial charge on any atom is 0.356 e. The largest absolute Gasteiger partial charge is 0.464 e. The third-order valence-electron chi connectivity index (χ3n) is 3.38. The fourth-order valence-corrected chi connectivity index (χ4v) is 2.40. The SMILES string of the molecule is COC(=O)c1cc(NC2CCCCCC2)ccn1. The highest BCUT2D eigenvalue weighted by Gasteiger charge is 2.13. The number of rotatable bonds is 3. The van der Waals surface area contributed by atoms with E-state index in [1.54, 1.807) is 12.3 Å². The number of anilines is 1. The highest BCUT2D eigenvalue weighted by Crippen LogP contribution is 2.21. The van der Waals surface area contributed by atoms with E-state index in [0.717, 1.165) is 5.69 Å². The van der Waals surface area contributed by atoms with Gasteiger partial charge in [0.1, 0.15) is 5.69 Å². The minimum atomic E-state index is -0.389. The van der Waals surface area contributed by atoms with Crippen LogP contribution in [-0.4, -0.2) is 24.1 Å². The summed E-state index contributed by atoms with van der Waals surface area (Å²) in [5.41, 5.74) is 1.31. The molecule has 0 radical (unpaired) electrons. The first kappa shape index (κ1) is 12.9. The molecule has 0 amide bonds. The first-order valence-corrected chi connectivity index (χ1v) is 6.60. The van der Waals surface area contributed by atoms with Crippen molar-refractivity contribution in [2.24, 2.45) is 0 Å². The first-order chi connectivity index (χ1) is 8.79. The number of nitrogens with zero attached hydrogens (tertiary/aromatic N) is 1. The Kier molecular flexibility index (Phi) is 4.56. The second kappa shape index (κ2) is 6.38. The molecule has 4 nitrogen and oxygen atoms in total. The average Bonchev–Trinajstić information content (AvgIpc) is 2.67. The third-order valence-corrected chi connectivity index (χ3v) is 3.38. The number of esters is 1. The lowest BCUT2D eigenvalue weighted by Crippen LogP contribution is -2.18. The van der Waals surface area contributed by atoms with Crippen LogP contribution >= 0.6 is 0 Å². The van der Waals surface area contributed by atoms with Crippen molar-refractivity contribution in [2.75, 3.05) is 12.4 Å². The van der Waals surface area contributed by atoms with Crippen LogP contribution in [0.5, 0.6) is 0 Å². The van der Waals surface area contributed by atoms with Crippen LogP contribution in [0.3, 0.4) is 0 Å². The van der Waals surface area contributed by atoms with E-state index >= 15 is 0 Å². The van der Waals surface area contributed by atoms with E-state index in [-0.39, 0.29) is 5.97 Å². The zero-order valence-corrected chi connectivity index (χ0v) is 10.8. The van der Waals surface area contributed by atoms with Crippen molar-refractivity contribution in [3.63, 3.8) is 0 Å². The van der Waals surface area contributed by atoms with E-state index in [4.69, 9.17) is 0 Å². The quantitative estimate of drug-likeness (QED) is 0.660. The minimum absolute atomic E-state index is 0.358. The van der Waals surface area contributed by atoms with Crippen molar-refractivity contribution in [3.05, 3.63) is 24.0 Å². The second-order valence-electron chi connectivity index (χ2n) is 4.75. The van der Waals surface area contributed by atoms with Crippen LogP contribution in [0.4, 0.5) is 5.69 Å². The smallest absolute Gasteiger partial charge is 0.356 e. The molecule has 0 aromatic carbocycles. The van der Waals surface area contributed by atoms with Gasteiger partial charge in [-0.15, -0.1) is 0 Å². The van der Waals surface area contributed by atoms with Gasteiger partial charge in [0, 0.05) is 17.9 Å². The summed E-state index contributed by atoms with van der Waals surface area (Å²) < 4.78 is 4.67. The van der Waals surface area contributed by atoms with Gasteiger partial charge in [0.2, 0.25) is 0 Å². The molecule has 1 fully saturated rings. The number of nitrogens with one attached hydrogen (secondary N) is 1. The lowest BCUT2D eigenvalue weighted by Gasteiger charge is -2.17. The fraction of sp³-hybridized carbons (Fsp3) is 0.571. The molecule has 0 bridgehead atoms. The fourth-order valence-electron chi connectivity index (χ4n) is 2.40. The van der Waals surface area contributed by atoms with Gasteiger partial charge in [0.25, 0.3) is 0 Å². The molecule has 18 heavy (non-hydrogen) atoms. The van der Waals surface area contributed by atoms with E-state index in [0.29, 0.717) is 11.7 Å². The Morgan fingerprint density at radius 3 is 2.72 bits per heavy atom. The number of carbonyl (C=O) groups is 1. The number of hydrogen-bond acceptors (Lipinski definition) is 4. The Morgan fingerprint density at radius 2 is 2.06 bits per heavy atom. The van der Waals surface area contributed by atoms with Crippen LogP contribution in [0.15, 0.2) is 18.3 Å². The molecule has 4 heteroatoms. The topological polar surface area (TPSA) is 51.2 Å². The zero-order chi connectivity index (χ0) is 12.8. The molecule has 1 aromatic heterocycles. The van der Waals surface area contributed by atoms with Gasteiger partial charge in [-0.2, -0.15) is 0 Å². The van der Waals surface area contributed by atoms with Crippen molar-refractivity contribution < 1.29 is 9.53 Å². The molecule has 1 heterocycles. The van der Waals surface area contributed by atoms with Gasteiger partial charge in [-0.1, -0.05) is 25.7 Å². The van der Waals surface area contributed by atoms with Crippen molar-refractivity contribution in [1.82, 2.24) is 4.98 Å². The van der Waals surface area contributed by atoms with Gasteiger partial charge in [-0.05, 0) is 25.0 Å². The summed E-state index contributed by atoms with van der Waals surface area (Å²) in [6.45, 7) is 0. The van der Waals surface area contributed by atoms with Crippen molar-refractivity contribution >= 4 is 11.7 Å². The van der Waals surface area contributed by atoms with Crippen LogP contribution in [-0.2, 0) is 4.74 Å². The summed E-state index contributed by atoms with van der Waals surface area (Å²) in [7, 11) is 1.37. The van der Waals surface area contributed by atoms with Crippen molar-refractivity contribution in [1.29, 1.82) is 0 Å². The normalized spacial score (nSPS) is 16.9. The predicted molar refractivity (Wildman–Crippen MR) is 70.7 cm³/mol. The monoisotopic (exact) mass is 248 g/mol. The number of ether oxygens (including phenoxy) is 1. The van der Waals surface area contributed by atoms with Crippen LogP contribution in [0, 0.1) is 0 Å². The van der Waals surface area contributed by atoms with Crippen molar-refractivity contribution in [3.8, 4) is 0 Å². The average molecular weight is 248 g/mol. The highest BCUT2D eigenvalue weighted by atomic mass is 16.5. The van der Waals surface area contributed by atoms with Gasteiger partial charge in [0.15, 0.2) is 0 Å². The molecule has 1 N–H and O–H groups in total. The third kappa shape index (κ3) is 3.45. The van der Waals surface area contributed by atoms with E-state index in [1.165, 1.54) is 45.6 Å². The summed E-state index contributed by atoms with van der Waals surface area (Å²) >= 11 is 0. The Morgan fingerprint density at radius 1 is 1.33 bits per heavy atom. The lowest BCUT2D eigenvalue weighted by molar-refractivity contribution is 0.0594. The molecule has 1 aliphatic rings. The Balaban J connectivity index is 2.01. The van der Waals surface area contributed by atoms with E-state index in [9.17, 15) is 4.79 Å². The molecule has 2 rings (SSSR count). The number of hydrogen-bond donors (Lipinski definition) is 1. The lowest BCUT2D eigenvalue weighted by atomic mass is 10.1. The summed E-state index contributed by atoms with van der Waals surface area (Å²) in [5, 5.41) is 3.49. The molecular weight excluding hydrogens is 228 g/mol. The Bertz CT molecular complexity index is 399. The summed E-state index contributed by atoms with van der Waals surface area (Å²) in [6, 6.07) is 4.18. The summed E-state index contributed by atoms with van der Waals surface area (Å²) in [6.07, 6.45) is 9.29. The molecule has 0 atom stereocenters. The first-order valence-electron chi connectivity index (χ1n) is 6.60. The minimum Gasteiger partial charge on any atom is -0.464 e. The molecular formula is C14H20N2O2. The molecule has 1 aromatic rings. The number of pyridine rings is 1. The molecule has 1 aliphatic carbocycles. The standard InChI is InChI=1S/C14H20N2O2/c1-18-14(17)13-10-12(8-9-15-13)16-11-6-4-2-3-5-7-11/h8-11H,2-7H2,1H3,(H,15,16). The van der Waals surface area contributed by atoms with Gasteiger partial charge >= 0.3 is 5.97 Å². The Hall–Kier alpha value is -1.58. The number of methoxy groups -OCH3 is 1. The van der Waals surface area contributed by atoms with E-state index in [1.807, 2.05) is 6.07 Å². The maximum atomic E-state index is 11.4. The van der Waals surface area contributed by atoms with Gasteiger partial charge < -0.3 is 10.1 Å². The van der Waals surface area contributed by atoms with Gasteiger partial charge in [-0.3, -0.25) is 0 Å². The maximum absolute atomic E-state index is 11.4. The van der Waals surface area contributed by atoms with Crippen LogP contribution in [0.2, 0.25) is 0 Å². The summed E-state index contributed by atoms with van der Waals surface area (Å²) in [5.74, 6) is -0.389. The molecule has 0 unspecified atom stereocenters. The van der Waals surface area contributed by atoms with Gasteiger partial charge in [-0.25, -0.2) is 9.78 Å². The number of carbonyl (C=O) groups excluding carboxylic acids is 1. The molecule has 0 spiro atoms. The Labute approximate surface area is 108 Å². The molecule has 98 valence electrons. The van der Waals surface area contributed by atoms with Crippen LogP contribution in [0.1, 0.15) is 49.0 Å².